The van der Waals surface area contributed by atoms with Crippen LogP contribution in [-0.2, 0) is 0 Å². The molecule has 2 heterocycles. The maximum absolute atomic E-state index is 5.94. The number of hydrogen-bond donors (Lipinski definition) is 0. The molecule has 5 heteroatoms. The van der Waals surface area contributed by atoms with E-state index >= 15 is 0 Å². The first-order valence-corrected chi connectivity index (χ1v) is 6.15. The summed E-state index contributed by atoms with van der Waals surface area (Å²) < 4.78 is 3.44. The average molecular weight is 374 g/mol. The summed E-state index contributed by atoms with van der Waals surface area (Å²) in [4.78, 5) is 4.02. The molecule has 0 aliphatic rings. The maximum Gasteiger partial charge on any atom is 0.138 e. The molecule has 12 heavy (non-hydrogen) atoms. The second kappa shape index (κ2) is 3.40. The zero-order valence-electron chi connectivity index (χ0n) is 5.64. The van der Waals surface area contributed by atoms with E-state index in [-0.39, 0.29) is 0 Å². The van der Waals surface area contributed by atoms with Crippen LogP contribution in [0.1, 0.15) is 0 Å². The lowest BCUT2D eigenvalue weighted by molar-refractivity contribution is 1.37. The van der Waals surface area contributed by atoms with Crippen molar-refractivity contribution in [2.24, 2.45) is 0 Å². The molecule has 0 aliphatic heterocycles. The summed E-state index contributed by atoms with van der Waals surface area (Å²) >= 11 is 13.4. The highest BCUT2D eigenvalue weighted by molar-refractivity contribution is 14.1. The third kappa shape index (κ3) is 1.38. The summed E-state index contributed by atoms with van der Waals surface area (Å²) in [5.74, 6) is 0. The molecule has 0 unspecified atom stereocenters. The number of fused-ring (bicyclic) bond motifs is 1. The molecule has 1 nitrogen and oxygen atoms in total. The van der Waals surface area contributed by atoms with Gasteiger partial charge in [-0.05, 0) is 44.6 Å². The zero-order chi connectivity index (χ0) is 8.72. The lowest BCUT2D eigenvalue weighted by Crippen LogP contribution is -1.73. The van der Waals surface area contributed by atoms with Gasteiger partial charge in [-0.25, -0.2) is 4.98 Å². The second-order valence-electron chi connectivity index (χ2n) is 2.16. The first-order valence-electron chi connectivity index (χ1n) is 3.08. The van der Waals surface area contributed by atoms with Crippen molar-refractivity contribution in [3.8, 4) is 0 Å². The predicted molar refractivity (Wildman–Crippen MR) is 65.0 cm³/mol. The number of hydrogen-bond acceptors (Lipinski definition) is 2. The van der Waals surface area contributed by atoms with Gasteiger partial charge in [0.2, 0.25) is 0 Å². The van der Waals surface area contributed by atoms with Crippen LogP contribution in [-0.4, -0.2) is 4.98 Å². The van der Waals surface area contributed by atoms with E-state index in [0.29, 0.717) is 5.15 Å². The van der Waals surface area contributed by atoms with Crippen molar-refractivity contribution in [2.75, 3.05) is 0 Å². The number of nitrogens with zero attached hydrogens (tertiary/aromatic N) is 1. The van der Waals surface area contributed by atoms with Crippen LogP contribution >= 0.6 is 61.5 Å². The highest BCUT2D eigenvalue weighted by Gasteiger charge is 2.10. The minimum atomic E-state index is 0.568. The number of aromatic nitrogens is 1. The summed E-state index contributed by atoms with van der Waals surface area (Å²) in [6, 6.07) is 1.97. The maximum atomic E-state index is 5.94. The monoisotopic (exact) mass is 373 g/mol. The van der Waals surface area contributed by atoms with E-state index in [4.69, 9.17) is 11.6 Å². The molecule has 0 N–H and O–H groups in total. The number of halogens is 3. The summed E-state index contributed by atoms with van der Waals surface area (Å²) in [5.41, 5.74) is 0. The Hall–Kier alpha value is 0.610. The van der Waals surface area contributed by atoms with Crippen molar-refractivity contribution >= 4 is 71.5 Å². The van der Waals surface area contributed by atoms with E-state index < -0.39 is 0 Å². The lowest BCUT2D eigenvalue weighted by Gasteiger charge is -1.91. The Kier molecular flexibility index (Phi) is 2.60. The molecule has 0 saturated heterocycles. The second-order valence-corrected chi connectivity index (χ2v) is 6.18. The largest absolute Gasteiger partial charge is 0.244 e. The molecule has 0 spiro atoms. The molecular formula is C7H2BrClINS. The molecule has 2 aromatic rings. The molecule has 2 aromatic heterocycles. The van der Waals surface area contributed by atoms with Crippen LogP contribution in [0.2, 0.25) is 5.15 Å². The fraction of sp³-hybridized carbons (Fsp3) is 0. The third-order valence-corrected chi connectivity index (χ3v) is 5.68. The third-order valence-electron chi connectivity index (χ3n) is 1.46. The molecule has 0 amide bonds. The van der Waals surface area contributed by atoms with Crippen LogP contribution in [0, 0.1) is 2.88 Å². The van der Waals surface area contributed by atoms with Gasteiger partial charge in [-0.3, -0.25) is 0 Å². The van der Waals surface area contributed by atoms with Gasteiger partial charge in [0, 0.05) is 16.3 Å². The van der Waals surface area contributed by atoms with Crippen molar-refractivity contribution in [3.05, 3.63) is 24.8 Å². The molecule has 2 rings (SSSR count). The Balaban J connectivity index is 2.97. The van der Waals surface area contributed by atoms with Crippen LogP contribution in [0.5, 0.6) is 0 Å². The lowest BCUT2D eigenvalue weighted by atomic mass is 10.3. The molecule has 0 fully saturated rings. The fourth-order valence-electron chi connectivity index (χ4n) is 0.943. The van der Waals surface area contributed by atoms with E-state index in [9.17, 15) is 0 Å². The Morgan fingerprint density at radius 2 is 2.33 bits per heavy atom. The molecule has 0 atom stereocenters. The molecule has 0 saturated carbocycles. The van der Waals surface area contributed by atoms with Crippen LogP contribution in [0.15, 0.2) is 16.7 Å². The van der Waals surface area contributed by atoms with Crippen molar-refractivity contribution in [2.45, 2.75) is 0 Å². The van der Waals surface area contributed by atoms with Gasteiger partial charge in [0.05, 0.1) is 7.36 Å². The van der Waals surface area contributed by atoms with E-state index in [1.165, 1.54) is 7.58 Å². The SMILES string of the molecule is Clc1nccc2sc(I)c(Br)c12. The van der Waals surface area contributed by atoms with Gasteiger partial charge in [0.1, 0.15) is 5.15 Å². The Bertz CT molecular complexity index is 442. The van der Waals surface area contributed by atoms with Crippen molar-refractivity contribution < 1.29 is 0 Å². The van der Waals surface area contributed by atoms with Crippen molar-refractivity contribution in [3.63, 3.8) is 0 Å². The smallest absolute Gasteiger partial charge is 0.138 e. The molecule has 0 aromatic carbocycles. The standard InChI is InChI=1S/C7H2BrClINS/c8-5-4-3(12-7(5)10)1-2-11-6(4)9/h1-2H. The first kappa shape index (κ1) is 9.18. The molecular weight excluding hydrogens is 372 g/mol. The van der Waals surface area contributed by atoms with Crippen LogP contribution in [0.4, 0.5) is 0 Å². The quantitative estimate of drug-likeness (QED) is 0.494. The van der Waals surface area contributed by atoms with Gasteiger partial charge in [0.25, 0.3) is 0 Å². The molecule has 0 aliphatic carbocycles. The summed E-state index contributed by atoms with van der Waals surface area (Å²) in [6.07, 6.45) is 1.73. The van der Waals surface area contributed by atoms with Crippen LogP contribution < -0.4 is 0 Å². The Morgan fingerprint density at radius 3 is 3.00 bits per heavy atom. The summed E-state index contributed by atoms with van der Waals surface area (Å²) in [5, 5.41) is 1.59. The minimum absolute atomic E-state index is 0.568. The van der Waals surface area contributed by atoms with Gasteiger partial charge < -0.3 is 0 Å². The van der Waals surface area contributed by atoms with Crippen LogP contribution in [0.25, 0.3) is 10.1 Å². The Morgan fingerprint density at radius 1 is 1.58 bits per heavy atom. The normalized spacial score (nSPS) is 10.9. The van der Waals surface area contributed by atoms with Crippen molar-refractivity contribution in [1.29, 1.82) is 0 Å². The molecule has 0 bridgehead atoms. The van der Waals surface area contributed by atoms with E-state index in [2.05, 4.69) is 43.5 Å². The molecule has 62 valence electrons. The first-order chi connectivity index (χ1) is 5.70. The van der Waals surface area contributed by atoms with E-state index in [1.54, 1.807) is 17.5 Å². The summed E-state index contributed by atoms with van der Waals surface area (Å²) in [6.45, 7) is 0. The number of thiophene rings is 1. The summed E-state index contributed by atoms with van der Waals surface area (Å²) in [7, 11) is 0. The fourth-order valence-corrected chi connectivity index (χ4v) is 3.94. The topological polar surface area (TPSA) is 12.9 Å². The van der Waals surface area contributed by atoms with Gasteiger partial charge in [0.15, 0.2) is 0 Å². The van der Waals surface area contributed by atoms with Crippen molar-refractivity contribution in [1.82, 2.24) is 4.98 Å². The number of rotatable bonds is 0. The van der Waals surface area contributed by atoms with Crippen LogP contribution in [0.3, 0.4) is 0 Å². The number of pyridine rings is 1. The highest BCUT2D eigenvalue weighted by Crippen LogP contribution is 2.38. The van der Waals surface area contributed by atoms with E-state index in [0.717, 1.165) is 9.86 Å². The minimum Gasteiger partial charge on any atom is -0.244 e. The average Bonchev–Trinajstić information content (AvgIpc) is 2.29. The van der Waals surface area contributed by atoms with Gasteiger partial charge in [-0.2, -0.15) is 0 Å². The van der Waals surface area contributed by atoms with Gasteiger partial charge in [-0.1, -0.05) is 11.6 Å². The van der Waals surface area contributed by atoms with Gasteiger partial charge in [-0.15, -0.1) is 11.3 Å². The molecule has 0 radical (unpaired) electrons. The predicted octanol–water partition coefficient (Wildman–Crippen LogP) is 4.32. The Labute approximate surface area is 100 Å². The van der Waals surface area contributed by atoms with E-state index in [1.807, 2.05) is 6.07 Å². The van der Waals surface area contributed by atoms with Gasteiger partial charge >= 0.3 is 0 Å². The highest BCUT2D eigenvalue weighted by atomic mass is 127. The zero-order valence-corrected chi connectivity index (χ0v) is 11.0.